The monoisotopic (exact) mass is 334 g/mol. The average Bonchev–Trinajstić information content (AvgIpc) is 2.50. The minimum atomic E-state index is -3.53. The molecule has 5 heteroatoms. The summed E-state index contributed by atoms with van der Waals surface area (Å²) < 4.78 is 30.2. The maximum atomic E-state index is 12.4. The topological polar surface area (TPSA) is 43.4 Å². The third-order valence-electron chi connectivity index (χ3n) is 3.85. The summed E-state index contributed by atoms with van der Waals surface area (Å²) >= 11 is 0. The van der Waals surface area contributed by atoms with Crippen LogP contribution < -0.4 is 4.18 Å². The van der Waals surface area contributed by atoms with Crippen LogP contribution in [0.15, 0.2) is 30.3 Å². The van der Waals surface area contributed by atoms with Crippen molar-refractivity contribution in [2.24, 2.45) is 0 Å². The van der Waals surface area contributed by atoms with Crippen LogP contribution >= 0.6 is 0 Å². The molecule has 0 heterocycles. The first-order valence-electron chi connectivity index (χ1n) is 8.58. The molecule has 0 radical (unpaired) electrons. The van der Waals surface area contributed by atoms with E-state index in [0.717, 1.165) is 19.3 Å². The van der Waals surface area contributed by atoms with Crippen molar-refractivity contribution in [3.8, 4) is 5.75 Å². The van der Waals surface area contributed by atoms with Gasteiger partial charge in [-0.1, -0.05) is 77.0 Å². The number of para-hydroxylation sites is 1. The van der Waals surface area contributed by atoms with Gasteiger partial charge in [0, 0.05) is 0 Å². The number of rotatable bonds is 12. The van der Waals surface area contributed by atoms with Gasteiger partial charge in [0.05, 0.1) is 5.25 Å². The van der Waals surface area contributed by atoms with Crippen LogP contribution in [0, 0.1) is 0 Å². The van der Waals surface area contributed by atoms with E-state index in [4.69, 9.17) is 4.18 Å². The van der Waals surface area contributed by atoms with Gasteiger partial charge in [0.15, 0.2) is 0 Å². The van der Waals surface area contributed by atoms with Gasteiger partial charge in [-0.2, -0.15) is 8.42 Å². The molecule has 0 N–H and O–H groups in total. The Labute approximate surface area is 154 Å². The molecule has 0 aliphatic carbocycles. The van der Waals surface area contributed by atoms with Gasteiger partial charge in [-0.3, -0.25) is 0 Å². The molecule has 0 saturated heterocycles. The Morgan fingerprint density at radius 2 is 1.48 bits per heavy atom. The van der Waals surface area contributed by atoms with E-state index in [0.29, 0.717) is 18.6 Å². The standard InChI is InChI=1S/C18H30O3S.Li.H/c1-3-5-6-7-8-12-16-18(13-4-2)22(19,20)21-17-14-10-9-11-15-17;;/h9-11,14-15,18H,3-8,12-13,16H2,1-2H3;;. The van der Waals surface area contributed by atoms with E-state index in [1.54, 1.807) is 24.3 Å². The molecule has 1 aromatic carbocycles. The second-order valence-corrected chi connectivity index (χ2v) is 7.68. The molecule has 0 spiro atoms. The molecule has 23 heavy (non-hydrogen) atoms. The van der Waals surface area contributed by atoms with Gasteiger partial charge in [-0.15, -0.1) is 0 Å². The molecule has 0 aliphatic rings. The number of hydrogen-bond acceptors (Lipinski definition) is 3. The van der Waals surface area contributed by atoms with E-state index in [9.17, 15) is 8.42 Å². The van der Waals surface area contributed by atoms with Crippen molar-refractivity contribution >= 4 is 29.0 Å². The minimum absolute atomic E-state index is 0. The van der Waals surface area contributed by atoms with Crippen molar-refractivity contribution in [2.45, 2.75) is 76.9 Å². The van der Waals surface area contributed by atoms with E-state index in [-0.39, 0.29) is 24.1 Å². The molecule has 3 nitrogen and oxygen atoms in total. The molecule has 1 rings (SSSR count). The van der Waals surface area contributed by atoms with E-state index in [1.807, 2.05) is 13.0 Å². The molecule has 0 amide bonds. The fourth-order valence-corrected chi connectivity index (χ4v) is 4.08. The van der Waals surface area contributed by atoms with E-state index < -0.39 is 10.1 Å². The molecule has 0 fully saturated rings. The van der Waals surface area contributed by atoms with E-state index >= 15 is 0 Å². The first-order valence-corrected chi connectivity index (χ1v) is 10.1. The Hall–Kier alpha value is -0.433. The fourth-order valence-electron chi connectivity index (χ4n) is 2.59. The Kier molecular flexibility index (Phi) is 12.7. The van der Waals surface area contributed by atoms with Crippen LogP contribution in [0.25, 0.3) is 0 Å². The number of benzene rings is 1. The van der Waals surface area contributed by atoms with Gasteiger partial charge < -0.3 is 4.18 Å². The Balaban J connectivity index is 0.00000484. The number of unbranched alkanes of at least 4 members (excludes halogenated alkanes) is 5. The first-order chi connectivity index (χ1) is 10.6. The zero-order valence-corrected chi connectivity index (χ0v) is 14.8. The quantitative estimate of drug-likeness (QED) is 0.317. The third-order valence-corrected chi connectivity index (χ3v) is 5.57. The van der Waals surface area contributed by atoms with Gasteiger partial charge in [-0.25, -0.2) is 0 Å². The van der Waals surface area contributed by atoms with E-state index in [2.05, 4.69) is 6.92 Å². The molecular weight excluding hydrogens is 303 g/mol. The Morgan fingerprint density at radius 3 is 2.09 bits per heavy atom. The van der Waals surface area contributed by atoms with Gasteiger partial charge in [0.25, 0.3) is 0 Å². The predicted molar refractivity (Wildman–Crippen MR) is 99.8 cm³/mol. The van der Waals surface area contributed by atoms with Crippen molar-refractivity contribution in [1.82, 2.24) is 0 Å². The normalized spacial score (nSPS) is 12.4. The molecule has 0 aromatic heterocycles. The molecular formula is C18H31LiO3S. The predicted octanol–water partition coefficient (Wildman–Crippen LogP) is 4.67. The molecule has 1 atom stereocenters. The molecule has 0 bridgehead atoms. The van der Waals surface area contributed by atoms with Crippen molar-refractivity contribution in [1.29, 1.82) is 0 Å². The van der Waals surface area contributed by atoms with Crippen LogP contribution in [-0.4, -0.2) is 32.5 Å². The summed E-state index contributed by atoms with van der Waals surface area (Å²) in [6.45, 7) is 4.22. The summed E-state index contributed by atoms with van der Waals surface area (Å²) in [5.41, 5.74) is 0. The average molecular weight is 334 g/mol. The van der Waals surface area contributed by atoms with Crippen LogP contribution in [0.1, 0.15) is 71.6 Å². The van der Waals surface area contributed by atoms with E-state index in [1.165, 1.54) is 25.7 Å². The zero-order valence-electron chi connectivity index (χ0n) is 14.0. The summed E-state index contributed by atoms with van der Waals surface area (Å²) in [5, 5.41) is -0.385. The summed E-state index contributed by atoms with van der Waals surface area (Å²) in [4.78, 5) is 0. The Morgan fingerprint density at radius 1 is 0.870 bits per heavy atom. The summed E-state index contributed by atoms with van der Waals surface area (Å²) in [7, 11) is -3.53. The molecule has 0 saturated carbocycles. The van der Waals surface area contributed by atoms with Crippen LogP contribution in [-0.2, 0) is 10.1 Å². The van der Waals surface area contributed by atoms with Gasteiger partial charge in [0.1, 0.15) is 5.75 Å². The zero-order chi connectivity index (χ0) is 16.3. The van der Waals surface area contributed by atoms with Crippen LogP contribution in [0.3, 0.4) is 0 Å². The maximum absolute atomic E-state index is 12.4. The molecule has 1 unspecified atom stereocenters. The van der Waals surface area contributed by atoms with Gasteiger partial charge >= 0.3 is 29.0 Å². The number of hydrogen-bond donors (Lipinski definition) is 0. The summed E-state index contributed by atoms with van der Waals surface area (Å²) in [6.07, 6.45) is 9.27. The molecule has 0 aliphatic heterocycles. The summed E-state index contributed by atoms with van der Waals surface area (Å²) in [5.74, 6) is 0.409. The second-order valence-electron chi connectivity index (χ2n) is 5.86. The summed E-state index contributed by atoms with van der Waals surface area (Å²) in [6, 6.07) is 8.79. The van der Waals surface area contributed by atoms with Crippen molar-refractivity contribution in [2.75, 3.05) is 0 Å². The first kappa shape index (κ1) is 22.6. The molecule has 128 valence electrons. The van der Waals surface area contributed by atoms with Crippen molar-refractivity contribution in [3.63, 3.8) is 0 Å². The third kappa shape index (κ3) is 9.45. The van der Waals surface area contributed by atoms with Gasteiger partial charge in [0.2, 0.25) is 0 Å². The fraction of sp³-hybridized carbons (Fsp3) is 0.667. The molecule has 1 aromatic rings. The second kappa shape index (κ2) is 12.9. The van der Waals surface area contributed by atoms with Crippen LogP contribution in [0.2, 0.25) is 0 Å². The van der Waals surface area contributed by atoms with Crippen molar-refractivity contribution < 1.29 is 12.6 Å². The Bertz CT molecular complexity index is 488. The van der Waals surface area contributed by atoms with Crippen LogP contribution in [0.4, 0.5) is 0 Å². The van der Waals surface area contributed by atoms with Crippen molar-refractivity contribution in [3.05, 3.63) is 30.3 Å². The SMILES string of the molecule is CCCCCCCCC(CCC)S(=O)(=O)Oc1ccccc1.[LiH]. The van der Waals surface area contributed by atoms with Crippen LogP contribution in [0.5, 0.6) is 5.75 Å². The van der Waals surface area contributed by atoms with Gasteiger partial charge in [-0.05, 0) is 25.0 Å².